The van der Waals surface area contributed by atoms with E-state index in [0.717, 1.165) is 18.8 Å². The van der Waals surface area contributed by atoms with Crippen molar-refractivity contribution in [1.29, 1.82) is 0 Å². The van der Waals surface area contributed by atoms with E-state index < -0.39 is 0 Å². The lowest BCUT2D eigenvalue weighted by molar-refractivity contribution is -0.120. The SMILES string of the molecule is CCCNc1cncc(NCCC(=O)NC)n1. The molecule has 1 amide bonds. The maximum Gasteiger partial charge on any atom is 0.221 e. The van der Waals surface area contributed by atoms with E-state index in [1.54, 1.807) is 19.4 Å². The lowest BCUT2D eigenvalue weighted by Gasteiger charge is -2.07. The van der Waals surface area contributed by atoms with Gasteiger partial charge < -0.3 is 16.0 Å². The highest BCUT2D eigenvalue weighted by atomic mass is 16.1. The fourth-order valence-corrected chi connectivity index (χ4v) is 1.22. The summed E-state index contributed by atoms with van der Waals surface area (Å²) in [6.07, 6.45) is 4.78. The van der Waals surface area contributed by atoms with Crippen LogP contribution in [0, 0.1) is 0 Å². The summed E-state index contributed by atoms with van der Waals surface area (Å²) in [6, 6.07) is 0. The number of nitrogens with one attached hydrogen (secondary N) is 3. The van der Waals surface area contributed by atoms with Crippen LogP contribution in [0.15, 0.2) is 12.4 Å². The summed E-state index contributed by atoms with van der Waals surface area (Å²) in [5.74, 6) is 1.43. The van der Waals surface area contributed by atoms with Crippen LogP contribution in [-0.4, -0.2) is 36.0 Å². The molecule has 17 heavy (non-hydrogen) atoms. The lowest BCUT2D eigenvalue weighted by atomic mass is 10.4. The van der Waals surface area contributed by atoms with E-state index in [-0.39, 0.29) is 5.91 Å². The largest absolute Gasteiger partial charge is 0.369 e. The van der Waals surface area contributed by atoms with Crippen LogP contribution < -0.4 is 16.0 Å². The molecule has 0 bridgehead atoms. The number of carbonyl (C=O) groups is 1. The molecule has 0 saturated carbocycles. The van der Waals surface area contributed by atoms with Gasteiger partial charge in [-0.15, -0.1) is 0 Å². The Labute approximate surface area is 101 Å². The molecular formula is C11H19N5O. The fraction of sp³-hybridized carbons (Fsp3) is 0.545. The van der Waals surface area contributed by atoms with E-state index in [0.29, 0.717) is 18.8 Å². The average molecular weight is 237 g/mol. The molecule has 0 spiro atoms. The van der Waals surface area contributed by atoms with Crippen molar-refractivity contribution < 1.29 is 4.79 Å². The smallest absolute Gasteiger partial charge is 0.221 e. The number of amides is 1. The van der Waals surface area contributed by atoms with Gasteiger partial charge in [0, 0.05) is 26.6 Å². The van der Waals surface area contributed by atoms with Crippen molar-refractivity contribution in [2.24, 2.45) is 0 Å². The number of anilines is 2. The average Bonchev–Trinajstić information content (AvgIpc) is 2.36. The van der Waals surface area contributed by atoms with Crippen LogP contribution in [0.1, 0.15) is 19.8 Å². The first-order valence-corrected chi connectivity index (χ1v) is 5.76. The Morgan fingerprint density at radius 2 is 1.88 bits per heavy atom. The first kappa shape index (κ1) is 13.2. The number of aromatic nitrogens is 2. The molecule has 0 aromatic carbocycles. The Morgan fingerprint density at radius 3 is 2.47 bits per heavy atom. The zero-order valence-corrected chi connectivity index (χ0v) is 10.3. The second-order valence-corrected chi connectivity index (χ2v) is 3.57. The normalized spacial score (nSPS) is 9.76. The maximum atomic E-state index is 11.0. The molecule has 1 aromatic heterocycles. The van der Waals surface area contributed by atoms with Gasteiger partial charge in [-0.1, -0.05) is 6.92 Å². The van der Waals surface area contributed by atoms with E-state index in [1.807, 2.05) is 0 Å². The third kappa shape index (κ3) is 5.14. The van der Waals surface area contributed by atoms with Crippen LogP contribution in [0.5, 0.6) is 0 Å². The first-order valence-electron chi connectivity index (χ1n) is 5.76. The van der Waals surface area contributed by atoms with E-state index in [1.165, 1.54) is 0 Å². The molecule has 0 saturated heterocycles. The second kappa shape index (κ2) is 7.43. The molecule has 6 nitrogen and oxygen atoms in total. The number of nitrogens with zero attached hydrogens (tertiary/aromatic N) is 2. The molecule has 1 aromatic rings. The summed E-state index contributed by atoms with van der Waals surface area (Å²) >= 11 is 0. The van der Waals surface area contributed by atoms with Gasteiger partial charge in [-0.25, -0.2) is 4.98 Å². The summed E-state index contributed by atoms with van der Waals surface area (Å²) < 4.78 is 0. The minimum absolute atomic E-state index is 0.00530. The molecule has 0 aliphatic heterocycles. The van der Waals surface area contributed by atoms with E-state index >= 15 is 0 Å². The van der Waals surface area contributed by atoms with E-state index in [9.17, 15) is 4.79 Å². The highest BCUT2D eigenvalue weighted by molar-refractivity contribution is 5.76. The zero-order valence-electron chi connectivity index (χ0n) is 10.3. The molecule has 6 heteroatoms. The molecule has 1 heterocycles. The zero-order chi connectivity index (χ0) is 12.5. The topological polar surface area (TPSA) is 78.9 Å². The summed E-state index contributed by atoms with van der Waals surface area (Å²) in [5, 5.41) is 8.77. The van der Waals surface area contributed by atoms with Gasteiger partial charge in [0.1, 0.15) is 11.6 Å². The Kier molecular flexibility index (Phi) is 5.77. The van der Waals surface area contributed by atoms with Crippen LogP contribution in [-0.2, 0) is 4.79 Å². The van der Waals surface area contributed by atoms with Crippen molar-refractivity contribution in [2.45, 2.75) is 19.8 Å². The van der Waals surface area contributed by atoms with Crippen LogP contribution in [0.3, 0.4) is 0 Å². The Balaban J connectivity index is 2.40. The maximum absolute atomic E-state index is 11.0. The lowest BCUT2D eigenvalue weighted by Crippen LogP contribution is -2.21. The molecule has 3 N–H and O–H groups in total. The number of hydrogen-bond donors (Lipinski definition) is 3. The van der Waals surface area contributed by atoms with Crippen LogP contribution in [0.4, 0.5) is 11.6 Å². The molecule has 0 aliphatic rings. The van der Waals surface area contributed by atoms with Crippen LogP contribution in [0.25, 0.3) is 0 Å². The van der Waals surface area contributed by atoms with Gasteiger partial charge in [-0.05, 0) is 6.42 Å². The van der Waals surface area contributed by atoms with E-state index in [2.05, 4.69) is 32.8 Å². The van der Waals surface area contributed by atoms with Crippen LogP contribution in [0.2, 0.25) is 0 Å². The van der Waals surface area contributed by atoms with Gasteiger partial charge >= 0.3 is 0 Å². The third-order valence-electron chi connectivity index (χ3n) is 2.13. The van der Waals surface area contributed by atoms with Gasteiger partial charge in [-0.2, -0.15) is 0 Å². The van der Waals surface area contributed by atoms with Gasteiger partial charge in [0.15, 0.2) is 0 Å². The molecule has 0 fully saturated rings. The third-order valence-corrected chi connectivity index (χ3v) is 2.13. The van der Waals surface area contributed by atoms with Crippen molar-refractivity contribution in [1.82, 2.24) is 15.3 Å². The highest BCUT2D eigenvalue weighted by Crippen LogP contribution is 2.06. The van der Waals surface area contributed by atoms with E-state index in [4.69, 9.17) is 0 Å². The Hall–Kier alpha value is -1.85. The van der Waals surface area contributed by atoms with Crippen molar-refractivity contribution in [3.05, 3.63) is 12.4 Å². The molecule has 0 aliphatic carbocycles. The minimum atomic E-state index is 0.00530. The predicted molar refractivity (Wildman–Crippen MR) is 68.0 cm³/mol. The Bertz CT molecular complexity index is 355. The monoisotopic (exact) mass is 237 g/mol. The van der Waals surface area contributed by atoms with Crippen molar-refractivity contribution in [3.63, 3.8) is 0 Å². The van der Waals surface area contributed by atoms with Crippen molar-refractivity contribution in [3.8, 4) is 0 Å². The molecule has 0 atom stereocenters. The minimum Gasteiger partial charge on any atom is -0.369 e. The molecule has 0 unspecified atom stereocenters. The first-order chi connectivity index (χ1) is 8.26. The van der Waals surface area contributed by atoms with Crippen molar-refractivity contribution in [2.75, 3.05) is 30.8 Å². The Morgan fingerprint density at radius 1 is 1.24 bits per heavy atom. The standard InChI is InChI=1S/C11H19N5O/c1-3-5-14-9-7-13-8-10(16-9)15-6-4-11(17)12-2/h7-8H,3-6H2,1-2H3,(H,12,17)(H2,14,15,16). The molecule has 1 rings (SSSR count). The van der Waals surface area contributed by atoms with Gasteiger partial charge in [0.2, 0.25) is 5.91 Å². The molecular weight excluding hydrogens is 218 g/mol. The predicted octanol–water partition coefficient (Wildman–Crippen LogP) is 0.846. The van der Waals surface area contributed by atoms with Gasteiger partial charge in [0.05, 0.1) is 12.4 Å². The van der Waals surface area contributed by atoms with Gasteiger partial charge in [-0.3, -0.25) is 9.78 Å². The summed E-state index contributed by atoms with van der Waals surface area (Å²) in [6.45, 7) is 3.51. The summed E-state index contributed by atoms with van der Waals surface area (Å²) in [4.78, 5) is 19.4. The fourth-order valence-electron chi connectivity index (χ4n) is 1.22. The number of rotatable bonds is 7. The van der Waals surface area contributed by atoms with Crippen molar-refractivity contribution >= 4 is 17.5 Å². The summed E-state index contributed by atoms with van der Waals surface area (Å²) in [7, 11) is 1.62. The highest BCUT2D eigenvalue weighted by Gasteiger charge is 2.00. The number of hydrogen-bond acceptors (Lipinski definition) is 5. The number of carbonyl (C=O) groups excluding carboxylic acids is 1. The molecule has 0 radical (unpaired) electrons. The second-order valence-electron chi connectivity index (χ2n) is 3.57. The quantitative estimate of drug-likeness (QED) is 0.655. The summed E-state index contributed by atoms with van der Waals surface area (Å²) in [5.41, 5.74) is 0. The molecule has 94 valence electrons. The van der Waals surface area contributed by atoms with Gasteiger partial charge in [0.25, 0.3) is 0 Å². The van der Waals surface area contributed by atoms with Crippen LogP contribution >= 0.6 is 0 Å².